The highest BCUT2D eigenvalue weighted by atomic mass is 16.7. The maximum absolute atomic E-state index is 10.8. The van der Waals surface area contributed by atoms with E-state index >= 15 is 0 Å². The number of pyridine rings is 1. The lowest BCUT2D eigenvalue weighted by molar-refractivity contribution is -0.314. The highest BCUT2D eigenvalue weighted by molar-refractivity contribution is 5.73. The lowest BCUT2D eigenvalue weighted by Crippen LogP contribution is -2.66. The van der Waals surface area contributed by atoms with Crippen LogP contribution in [0.4, 0.5) is 0 Å². The van der Waals surface area contributed by atoms with Crippen LogP contribution < -0.4 is 9.47 Å². The molecule has 46 heavy (non-hydrogen) atoms. The zero-order chi connectivity index (χ0) is 33.6. The van der Waals surface area contributed by atoms with E-state index in [1.165, 1.54) is 13.8 Å². The Bertz CT molecular complexity index is 1420. The fourth-order valence-electron chi connectivity index (χ4n) is 5.64. The Labute approximate surface area is 265 Å². The van der Waals surface area contributed by atoms with Crippen molar-refractivity contribution in [2.24, 2.45) is 0 Å². The highest BCUT2D eigenvalue weighted by Crippen LogP contribution is 2.36. The van der Waals surface area contributed by atoms with Crippen LogP contribution in [0.25, 0.3) is 22.3 Å². The summed E-state index contributed by atoms with van der Waals surface area (Å²) in [6.45, 7) is 5.05. The summed E-state index contributed by atoms with van der Waals surface area (Å²) < 4.78 is 22.9. The molecule has 8 N–H and O–H groups in total. The van der Waals surface area contributed by atoms with E-state index in [1.54, 1.807) is 50.5 Å². The maximum atomic E-state index is 10.8. The molecule has 0 saturated carbocycles. The first-order valence-electron chi connectivity index (χ1n) is 14.9. The molecule has 2 aliphatic rings. The van der Waals surface area contributed by atoms with Gasteiger partial charge in [-0.3, -0.25) is 4.98 Å². The number of aliphatic hydroxyl groups is 8. The zero-order valence-electron chi connectivity index (χ0n) is 25.9. The van der Waals surface area contributed by atoms with Gasteiger partial charge in [-0.15, -0.1) is 0 Å². The Morgan fingerprint density at radius 3 is 1.39 bits per heavy atom. The van der Waals surface area contributed by atoms with E-state index in [9.17, 15) is 40.9 Å². The zero-order valence-corrected chi connectivity index (χ0v) is 25.9. The molecule has 13 nitrogen and oxygen atoms in total. The summed E-state index contributed by atoms with van der Waals surface area (Å²) in [6.07, 6.45) is -7.71. The fourth-order valence-corrected chi connectivity index (χ4v) is 5.64. The van der Waals surface area contributed by atoms with Crippen molar-refractivity contribution >= 4 is 0 Å². The van der Waals surface area contributed by atoms with Crippen molar-refractivity contribution in [2.45, 2.75) is 88.1 Å². The summed E-state index contributed by atoms with van der Waals surface area (Å²) in [7, 11) is 0. The Kier molecular flexibility index (Phi) is 9.74. The average molecular weight is 644 g/mol. The van der Waals surface area contributed by atoms with Gasteiger partial charge in [0.25, 0.3) is 0 Å². The average Bonchev–Trinajstić information content (AvgIpc) is 3.03. The summed E-state index contributed by atoms with van der Waals surface area (Å²) >= 11 is 0. The van der Waals surface area contributed by atoms with E-state index in [4.69, 9.17) is 18.9 Å². The van der Waals surface area contributed by atoms with Crippen LogP contribution in [0.15, 0.2) is 54.9 Å². The van der Waals surface area contributed by atoms with Crippen molar-refractivity contribution in [1.82, 2.24) is 4.98 Å². The van der Waals surface area contributed by atoms with Gasteiger partial charge in [-0.2, -0.15) is 0 Å². The van der Waals surface area contributed by atoms with Crippen molar-refractivity contribution in [3.63, 3.8) is 0 Å². The molecule has 0 bridgehead atoms. The van der Waals surface area contributed by atoms with Gasteiger partial charge in [-0.25, -0.2) is 0 Å². The van der Waals surface area contributed by atoms with Gasteiger partial charge in [0, 0.05) is 23.5 Å². The monoisotopic (exact) mass is 643 g/mol. The molecule has 1 unspecified atom stereocenters. The van der Waals surface area contributed by atoms with E-state index in [0.29, 0.717) is 22.6 Å². The molecule has 5 rings (SSSR count). The largest absolute Gasteiger partial charge is 0.461 e. The van der Waals surface area contributed by atoms with E-state index in [0.717, 1.165) is 22.3 Å². The first kappa shape index (κ1) is 34.1. The summed E-state index contributed by atoms with van der Waals surface area (Å²) in [5.41, 5.74) is 0.766. The molecule has 0 spiro atoms. The second kappa shape index (κ2) is 13.1. The third-order valence-electron chi connectivity index (χ3n) is 8.74. The van der Waals surface area contributed by atoms with Crippen molar-refractivity contribution < 1.29 is 59.8 Å². The minimum atomic E-state index is -1.94. The van der Waals surface area contributed by atoms with Crippen molar-refractivity contribution in [1.29, 1.82) is 0 Å². The van der Waals surface area contributed by atoms with Crippen molar-refractivity contribution in [3.8, 4) is 33.8 Å². The van der Waals surface area contributed by atoms with Gasteiger partial charge in [0.1, 0.15) is 48.1 Å². The van der Waals surface area contributed by atoms with Crippen LogP contribution in [0.3, 0.4) is 0 Å². The number of hydrogen-bond acceptors (Lipinski definition) is 13. The van der Waals surface area contributed by atoms with Crippen LogP contribution in [0.5, 0.6) is 11.5 Å². The predicted octanol–water partition coefficient (Wildman–Crippen LogP) is 0.170. The molecule has 2 fully saturated rings. The molecule has 2 aromatic carbocycles. The van der Waals surface area contributed by atoms with E-state index < -0.39 is 73.6 Å². The molecular formula is C33H41NO12. The van der Waals surface area contributed by atoms with Crippen molar-refractivity contribution in [2.75, 3.05) is 13.2 Å². The van der Waals surface area contributed by atoms with Gasteiger partial charge >= 0.3 is 0 Å². The number of rotatable bonds is 8. The first-order chi connectivity index (χ1) is 21.7. The number of nitrogens with zero attached hydrogens (tertiary/aromatic N) is 1. The van der Waals surface area contributed by atoms with Crippen LogP contribution >= 0.6 is 0 Å². The van der Waals surface area contributed by atoms with Gasteiger partial charge in [-0.05, 0) is 80.3 Å². The molecule has 0 radical (unpaired) electrons. The molecule has 2 saturated heterocycles. The van der Waals surface area contributed by atoms with E-state index in [1.807, 2.05) is 18.2 Å². The van der Waals surface area contributed by atoms with Crippen LogP contribution in [0.1, 0.15) is 25.0 Å². The van der Waals surface area contributed by atoms with Gasteiger partial charge in [-0.1, -0.05) is 12.1 Å². The molecule has 0 amide bonds. The molecule has 1 aromatic heterocycles. The molecule has 13 heteroatoms. The minimum Gasteiger partial charge on any atom is -0.461 e. The van der Waals surface area contributed by atoms with Crippen molar-refractivity contribution in [3.05, 3.63) is 66.0 Å². The Balaban J connectivity index is 1.33. The fraction of sp³-hybridized carbons (Fsp3) is 0.485. The van der Waals surface area contributed by atoms with Crippen LogP contribution in [0.2, 0.25) is 0 Å². The summed E-state index contributed by atoms with van der Waals surface area (Å²) in [5, 5.41) is 81.6. The minimum absolute atomic E-state index is 0.373. The predicted molar refractivity (Wildman–Crippen MR) is 163 cm³/mol. The topological polar surface area (TPSA) is 212 Å². The summed E-state index contributed by atoms with van der Waals surface area (Å²) in [5.74, 6) is 0.746. The molecular weight excluding hydrogens is 602 g/mol. The second-order valence-corrected chi connectivity index (χ2v) is 12.4. The summed E-state index contributed by atoms with van der Waals surface area (Å²) in [6, 6.07) is 12.7. The standard InChI is InChI=1S/C33H41NO12/c1-16-9-18(5-7-22(16)43-30-32(3,41)28(39)26(37)24(14-35)45-30)20-11-21(13-34-12-20)19-6-8-23(17(2)10-19)44-31-33(4,42)29(40)27(38)25(15-36)46-31/h5-13,24-31,35-42H,14-15H2,1-4H3/t24-,25-,26-,27?,28+,29+,30+,31+,32+,33+/m1/s1. The lowest BCUT2D eigenvalue weighted by Gasteiger charge is -2.45. The number of ether oxygens (including phenoxy) is 4. The van der Waals surface area contributed by atoms with E-state index in [-0.39, 0.29) is 0 Å². The number of benzene rings is 2. The number of aryl methyl sites for hydroxylation is 2. The van der Waals surface area contributed by atoms with Crippen LogP contribution in [-0.4, -0.2) is 119 Å². The quantitative estimate of drug-likeness (QED) is 0.165. The number of hydrogen-bond donors (Lipinski definition) is 8. The molecule has 250 valence electrons. The normalized spacial score (nSPS) is 34.7. The SMILES string of the molecule is Cc1cc(-c2cncc(-c3ccc(O[C@H]4O[C@H](CO)[C@@H](O)[C@H](O)[C@]4(C)O)c(C)c3)c2)ccc1O[C@H]1O[C@H](CO)C(O)[C@H](O)[C@]1(C)O. The second-order valence-electron chi connectivity index (χ2n) is 12.4. The van der Waals surface area contributed by atoms with Crippen LogP contribution in [-0.2, 0) is 9.47 Å². The lowest BCUT2D eigenvalue weighted by atomic mass is 9.88. The third-order valence-corrected chi connectivity index (χ3v) is 8.74. The van der Waals surface area contributed by atoms with Gasteiger partial charge in [0.2, 0.25) is 12.6 Å². The molecule has 3 aromatic rings. The molecule has 0 aliphatic carbocycles. The molecule has 2 aliphatic heterocycles. The Hall–Kier alpha value is -3.21. The Morgan fingerprint density at radius 2 is 1.04 bits per heavy atom. The van der Waals surface area contributed by atoms with Gasteiger partial charge < -0.3 is 59.8 Å². The first-order valence-corrected chi connectivity index (χ1v) is 14.9. The number of aliphatic hydroxyl groups excluding tert-OH is 6. The Morgan fingerprint density at radius 1 is 0.652 bits per heavy atom. The molecule has 10 atom stereocenters. The highest BCUT2D eigenvalue weighted by Gasteiger charge is 2.54. The van der Waals surface area contributed by atoms with Crippen LogP contribution in [0, 0.1) is 13.8 Å². The summed E-state index contributed by atoms with van der Waals surface area (Å²) in [4.78, 5) is 4.41. The maximum Gasteiger partial charge on any atom is 0.231 e. The van der Waals surface area contributed by atoms with E-state index in [2.05, 4.69) is 4.98 Å². The molecule has 3 heterocycles. The smallest absolute Gasteiger partial charge is 0.231 e. The number of aromatic nitrogens is 1. The third kappa shape index (κ3) is 6.36. The van der Waals surface area contributed by atoms with Gasteiger partial charge in [0.05, 0.1) is 13.2 Å². The van der Waals surface area contributed by atoms with Gasteiger partial charge in [0.15, 0.2) is 11.2 Å².